The third-order valence-electron chi connectivity index (χ3n) is 6.22. The molecule has 6 nitrogen and oxygen atoms in total. The van der Waals surface area contributed by atoms with Gasteiger partial charge in [-0.05, 0) is 64.0 Å². The second kappa shape index (κ2) is 6.94. The van der Waals surface area contributed by atoms with E-state index in [9.17, 15) is 13.2 Å². The van der Waals surface area contributed by atoms with Crippen LogP contribution in [0, 0.1) is 0 Å². The zero-order valence-electron chi connectivity index (χ0n) is 15.8. The molecule has 1 aliphatic heterocycles. The molecule has 0 radical (unpaired) electrons. The van der Waals surface area contributed by atoms with Crippen molar-refractivity contribution in [3.05, 3.63) is 35.4 Å². The largest absolute Gasteiger partial charge is 0.353 e. The van der Waals surface area contributed by atoms with Crippen molar-refractivity contribution < 1.29 is 13.2 Å². The first kappa shape index (κ1) is 19.3. The second-order valence-corrected chi connectivity index (χ2v) is 10.3. The van der Waals surface area contributed by atoms with Crippen LogP contribution < -0.4 is 10.6 Å². The number of fused-ring (bicyclic) bond motifs is 1. The highest BCUT2D eigenvalue weighted by Crippen LogP contribution is 2.34. The van der Waals surface area contributed by atoms with Crippen molar-refractivity contribution in [2.45, 2.75) is 36.0 Å². The van der Waals surface area contributed by atoms with Crippen molar-refractivity contribution in [3.63, 3.8) is 0 Å². The standard InChI is InChI=1S/C19H29N3O3S/c1-22(2)18(12-15-6-4-5-7-16(15)13-18)14-21-17(23)19(26(3,24)25)8-10-20-11-9-19/h4-7,20H,8-14H2,1-3H3,(H,21,23). The number of carbonyl (C=O) groups excluding carboxylic acids is 1. The van der Waals surface area contributed by atoms with Gasteiger partial charge < -0.3 is 15.5 Å². The van der Waals surface area contributed by atoms with Gasteiger partial charge in [0.25, 0.3) is 0 Å². The van der Waals surface area contributed by atoms with Gasteiger partial charge in [-0.25, -0.2) is 8.42 Å². The lowest BCUT2D eigenvalue weighted by molar-refractivity contribution is -0.124. The summed E-state index contributed by atoms with van der Waals surface area (Å²) in [6.45, 7) is 1.54. The lowest BCUT2D eigenvalue weighted by atomic mass is 9.92. The Balaban J connectivity index is 1.79. The molecule has 2 aliphatic rings. The van der Waals surface area contributed by atoms with Crippen LogP contribution in [0.25, 0.3) is 0 Å². The molecular formula is C19H29N3O3S. The smallest absolute Gasteiger partial charge is 0.241 e. The number of sulfone groups is 1. The Bertz CT molecular complexity index is 758. The Morgan fingerprint density at radius 1 is 1.15 bits per heavy atom. The fourth-order valence-electron chi connectivity index (χ4n) is 4.28. The predicted molar refractivity (Wildman–Crippen MR) is 103 cm³/mol. The number of nitrogens with one attached hydrogen (secondary N) is 2. The fraction of sp³-hybridized carbons (Fsp3) is 0.632. The maximum absolute atomic E-state index is 13.0. The molecule has 1 aromatic rings. The average Bonchev–Trinajstić information content (AvgIpc) is 2.99. The molecule has 7 heteroatoms. The first-order valence-corrected chi connectivity index (χ1v) is 11.0. The van der Waals surface area contributed by atoms with E-state index in [4.69, 9.17) is 0 Å². The van der Waals surface area contributed by atoms with Crippen LogP contribution in [0.3, 0.4) is 0 Å². The molecule has 1 aliphatic carbocycles. The van der Waals surface area contributed by atoms with E-state index in [-0.39, 0.29) is 11.4 Å². The van der Waals surface area contributed by atoms with Crippen LogP contribution in [0.1, 0.15) is 24.0 Å². The Kier molecular flexibility index (Phi) is 5.16. The van der Waals surface area contributed by atoms with Crippen LogP contribution in [-0.4, -0.2) is 69.5 Å². The van der Waals surface area contributed by atoms with Gasteiger partial charge in [0.2, 0.25) is 5.91 Å². The summed E-state index contributed by atoms with van der Waals surface area (Å²) in [5.41, 5.74) is 2.38. The van der Waals surface area contributed by atoms with E-state index in [1.54, 1.807) is 0 Å². The molecule has 0 spiro atoms. The molecule has 3 rings (SSSR count). The molecule has 0 atom stereocenters. The van der Waals surface area contributed by atoms with Crippen molar-refractivity contribution >= 4 is 15.7 Å². The predicted octanol–water partition coefficient (Wildman–Crippen LogP) is 0.369. The number of hydrogen-bond acceptors (Lipinski definition) is 5. The van der Waals surface area contributed by atoms with Gasteiger partial charge in [-0.1, -0.05) is 24.3 Å². The normalized spacial score (nSPS) is 21.4. The fourth-order valence-corrected chi connectivity index (χ4v) is 5.63. The molecule has 1 fully saturated rings. The molecule has 1 saturated heterocycles. The third kappa shape index (κ3) is 3.28. The van der Waals surface area contributed by atoms with Gasteiger partial charge in [0.15, 0.2) is 14.6 Å². The highest BCUT2D eigenvalue weighted by molar-refractivity contribution is 7.92. The Hall–Kier alpha value is -1.44. The molecule has 0 saturated carbocycles. The maximum atomic E-state index is 13.0. The summed E-state index contributed by atoms with van der Waals surface area (Å²) in [5.74, 6) is -0.348. The van der Waals surface area contributed by atoms with E-state index in [1.807, 2.05) is 26.2 Å². The van der Waals surface area contributed by atoms with Crippen LogP contribution in [0.4, 0.5) is 0 Å². The molecule has 0 unspecified atom stereocenters. The lowest BCUT2D eigenvalue weighted by Gasteiger charge is -2.39. The van der Waals surface area contributed by atoms with Crippen molar-refractivity contribution in [1.82, 2.24) is 15.5 Å². The Morgan fingerprint density at radius 3 is 2.15 bits per heavy atom. The molecule has 0 aromatic heterocycles. The molecular weight excluding hydrogens is 350 g/mol. The van der Waals surface area contributed by atoms with Gasteiger partial charge in [-0.2, -0.15) is 0 Å². The minimum Gasteiger partial charge on any atom is -0.353 e. The topological polar surface area (TPSA) is 78.5 Å². The molecule has 26 heavy (non-hydrogen) atoms. The summed E-state index contributed by atoms with van der Waals surface area (Å²) in [6, 6.07) is 8.34. The van der Waals surface area contributed by atoms with Gasteiger partial charge >= 0.3 is 0 Å². The van der Waals surface area contributed by atoms with Gasteiger partial charge in [0.05, 0.1) is 0 Å². The summed E-state index contributed by atoms with van der Waals surface area (Å²) in [4.78, 5) is 15.2. The van der Waals surface area contributed by atoms with E-state index >= 15 is 0 Å². The molecule has 0 bridgehead atoms. The number of hydrogen-bond donors (Lipinski definition) is 2. The second-order valence-electron chi connectivity index (χ2n) is 7.94. The van der Waals surface area contributed by atoms with E-state index in [1.165, 1.54) is 17.4 Å². The van der Waals surface area contributed by atoms with Crippen LogP contribution in [0.15, 0.2) is 24.3 Å². The maximum Gasteiger partial charge on any atom is 0.241 e. The average molecular weight is 380 g/mol. The van der Waals surface area contributed by atoms with Crippen molar-refractivity contribution in [3.8, 4) is 0 Å². The minimum absolute atomic E-state index is 0.217. The first-order chi connectivity index (χ1) is 12.2. The summed E-state index contributed by atoms with van der Waals surface area (Å²) in [6.07, 6.45) is 3.54. The number of carbonyl (C=O) groups is 1. The zero-order chi connectivity index (χ0) is 19.0. The number of benzene rings is 1. The molecule has 1 heterocycles. The third-order valence-corrected chi connectivity index (χ3v) is 8.23. The van der Waals surface area contributed by atoms with Crippen molar-refractivity contribution in [2.24, 2.45) is 0 Å². The summed E-state index contributed by atoms with van der Waals surface area (Å²) >= 11 is 0. The lowest BCUT2D eigenvalue weighted by Crippen LogP contribution is -2.61. The molecule has 1 amide bonds. The van der Waals surface area contributed by atoms with Gasteiger partial charge in [0, 0.05) is 18.3 Å². The number of rotatable bonds is 5. The number of nitrogens with zero attached hydrogens (tertiary/aromatic N) is 1. The summed E-state index contributed by atoms with van der Waals surface area (Å²) in [5, 5.41) is 6.16. The highest BCUT2D eigenvalue weighted by Gasteiger charge is 2.49. The van der Waals surface area contributed by atoms with Crippen LogP contribution >= 0.6 is 0 Å². The highest BCUT2D eigenvalue weighted by atomic mass is 32.2. The SMILES string of the molecule is CN(C)C1(CNC(=O)C2(S(C)(=O)=O)CCNCC2)Cc2ccccc2C1. The van der Waals surface area contributed by atoms with Gasteiger partial charge in [-0.3, -0.25) is 4.79 Å². The molecule has 2 N–H and O–H groups in total. The Morgan fingerprint density at radius 2 is 1.69 bits per heavy atom. The number of piperidine rings is 1. The zero-order valence-corrected chi connectivity index (χ0v) is 16.7. The van der Waals surface area contributed by atoms with Crippen molar-refractivity contribution in [1.29, 1.82) is 0 Å². The van der Waals surface area contributed by atoms with Crippen LogP contribution in [0.2, 0.25) is 0 Å². The van der Waals surface area contributed by atoms with E-state index in [0.717, 1.165) is 12.8 Å². The monoisotopic (exact) mass is 379 g/mol. The first-order valence-electron chi connectivity index (χ1n) is 9.13. The van der Waals surface area contributed by atoms with E-state index in [0.29, 0.717) is 32.5 Å². The summed E-state index contributed by atoms with van der Waals surface area (Å²) < 4.78 is 23.6. The Labute approximate surface area is 156 Å². The number of amides is 1. The van der Waals surface area contributed by atoms with Crippen LogP contribution in [-0.2, 0) is 27.5 Å². The van der Waals surface area contributed by atoms with Gasteiger partial charge in [-0.15, -0.1) is 0 Å². The molecule has 144 valence electrons. The minimum atomic E-state index is -3.49. The number of likely N-dealkylation sites (N-methyl/N-ethyl adjacent to an activating group) is 1. The van der Waals surface area contributed by atoms with E-state index in [2.05, 4.69) is 27.7 Å². The van der Waals surface area contributed by atoms with Crippen molar-refractivity contribution in [2.75, 3.05) is 40.0 Å². The quantitative estimate of drug-likeness (QED) is 0.773. The molecule has 1 aromatic carbocycles. The van der Waals surface area contributed by atoms with Crippen LogP contribution in [0.5, 0.6) is 0 Å². The van der Waals surface area contributed by atoms with Gasteiger partial charge in [0.1, 0.15) is 0 Å². The summed E-state index contributed by atoms with van der Waals surface area (Å²) in [7, 11) is 0.554. The van der Waals surface area contributed by atoms with E-state index < -0.39 is 14.6 Å².